The first kappa shape index (κ1) is 19.6. The van der Waals surface area contributed by atoms with Crippen molar-refractivity contribution < 1.29 is 23.5 Å². The molecule has 146 valence electrons. The second-order valence-electron chi connectivity index (χ2n) is 6.22. The van der Waals surface area contributed by atoms with Crippen LogP contribution < -0.4 is 5.32 Å². The number of carbonyl (C=O) groups excluding carboxylic acids is 3. The Labute approximate surface area is 167 Å². The van der Waals surface area contributed by atoms with E-state index in [2.05, 4.69) is 10.1 Å². The molecule has 0 radical (unpaired) electrons. The summed E-state index contributed by atoms with van der Waals surface area (Å²) in [5.74, 6) is -0.395. The number of anilines is 1. The van der Waals surface area contributed by atoms with E-state index in [1.54, 1.807) is 54.6 Å². The summed E-state index contributed by atoms with van der Waals surface area (Å²) in [6.07, 6.45) is 1.47. The molecule has 9 heteroatoms. The lowest BCUT2D eigenvalue weighted by Gasteiger charge is -2.22. The Bertz CT molecular complexity index is 895. The summed E-state index contributed by atoms with van der Waals surface area (Å²) in [6.45, 7) is 0.299. The first-order chi connectivity index (χ1) is 13.4. The van der Waals surface area contributed by atoms with Crippen molar-refractivity contribution in [2.24, 2.45) is 0 Å². The molecule has 28 heavy (non-hydrogen) atoms. The fraction of sp³-hybridized carbons (Fsp3) is 0.263. The second-order valence-corrected chi connectivity index (χ2v) is 6.59. The Balaban J connectivity index is 1.67. The van der Waals surface area contributed by atoms with Crippen LogP contribution in [-0.2, 0) is 20.9 Å². The third-order valence-electron chi connectivity index (χ3n) is 4.40. The number of methoxy groups -OCH3 is 1. The fourth-order valence-electron chi connectivity index (χ4n) is 2.92. The van der Waals surface area contributed by atoms with Crippen LogP contribution in [0.2, 0.25) is 0 Å². The third kappa shape index (κ3) is 4.04. The minimum atomic E-state index is -0.711. The molecule has 2 aromatic rings. The van der Waals surface area contributed by atoms with E-state index in [-0.39, 0.29) is 18.2 Å². The molecule has 0 aliphatic carbocycles. The number of nitrogens with zero attached hydrogens (tertiary/aromatic N) is 2. The average Bonchev–Trinajstić information content (AvgIpc) is 3.27. The van der Waals surface area contributed by atoms with Crippen LogP contribution in [0, 0.1) is 0 Å². The number of amides is 2. The number of likely N-dealkylation sites (N-methyl/N-ethyl adjacent to an activating group) is 1. The van der Waals surface area contributed by atoms with E-state index in [1.165, 1.54) is 12.0 Å². The molecular formula is C19H19N3O5S. The predicted molar refractivity (Wildman–Crippen MR) is 104 cm³/mol. The molecule has 3 rings (SSSR count). The molecule has 1 aromatic carbocycles. The maximum atomic E-state index is 12.5. The maximum Gasteiger partial charge on any atom is 0.337 e. The second kappa shape index (κ2) is 8.22. The summed E-state index contributed by atoms with van der Waals surface area (Å²) >= 11 is 5.34. The molecule has 2 amide bonds. The molecule has 1 N–H and O–H groups in total. The van der Waals surface area contributed by atoms with E-state index < -0.39 is 12.0 Å². The Kier molecular flexibility index (Phi) is 5.74. The Morgan fingerprint density at radius 3 is 2.57 bits per heavy atom. The van der Waals surface area contributed by atoms with Crippen LogP contribution in [0.4, 0.5) is 5.69 Å². The number of furan rings is 1. The van der Waals surface area contributed by atoms with E-state index in [9.17, 15) is 14.4 Å². The van der Waals surface area contributed by atoms with Gasteiger partial charge in [-0.25, -0.2) is 4.79 Å². The molecule has 0 saturated carbocycles. The largest absolute Gasteiger partial charge is 0.467 e. The van der Waals surface area contributed by atoms with Crippen molar-refractivity contribution in [3.05, 3.63) is 54.0 Å². The van der Waals surface area contributed by atoms with Gasteiger partial charge in [0.05, 0.1) is 31.9 Å². The third-order valence-corrected chi connectivity index (χ3v) is 4.91. The lowest BCUT2D eigenvalue weighted by Crippen LogP contribution is -2.37. The molecule has 0 bridgehead atoms. The van der Waals surface area contributed by atoms with Crippen molar-refractivity contribution in [1.82, 2.24) is 9.80 Å². The number of rotatable bonds is 6. The van der Waals surface area contributed by atoms with Crippen LogP contribution in [0.15, 0.2) is 47.1 Å². The van der Waals surface area contributed by atoms with Crippen LogP contribution in [0.25, 0.3) is 0 Å². The zero-order chi connectivity index (χ0) is 20.3. The molecule has 2 heterocycles. The number of benzene rings is 1. The van der Waals surface area contributed by atoms with Gasteiger partial charge in [0.25, 0.3) is 5.91 Å². The number of carbonyl (C=O) groups is 3. The van der Waals surface area contributed by atoms with Gasteiger partial charge in [0.2, 0.25) is 5.91 Å². The normalized spacial score (nSPS) is 16.4. The summed E-state index contributed by atoms with van der Waals surface area (Å²) in [4.78, 5) is 39.5. The van der Waals surface area contributed by atoms with Gasteiger partial charge in [0.1, 0.15) is 11.8 Å². The van der Waals surface area contributed by atoms with Gasteiger partial charge in [-0.05, 0) is 48.6 Å². The monoisotopic (exact) mass is 401 g/mol. The van der Waals surface area contributed by atoms with Crippen molar-refractivity contribution in [3.63, 3.8) is 0 Å². The summed E-state index contributed by atoms with van der Waals surface area (Å²) in [5.41, 5.74) is 0.889. The highest BCUT2D eigenvalue weighted by Crippen LogP contribution is 2.23. The van der Waals surface area contributed by atoms with Gasteiger partial charge >= 0.3 is 5.97 Å². The van der Waals surface area contributed by atoms with E-state index in [0.29, 0.717) is 28.7 Å². The first-order valence-corrected chi connectivity index (χ1v) is 8.90. The Hall–Kier alpha value is -3.20. The number of hydrogen-bond acceptors (Lipinski definition) is 6. The zero-order valence-corrected chi connectivity index (χ0v) is 16.2. The molecular weight excluding hydrogens is 382 g/mol. The van der Waals surface area contributed by atoms with Gasteiger partial charge in [-0.3, -0.25) is 14.5 Å². The van der Waals surface area contributed by atoms with Crippen molar-refractivity contribution in [1.29, 1.82) is 0 Å². The van der Waals surface area contributed by atoms with Crippen molar-refractivity contribution in [2.75, 3.05) is 19.5 Å². The Morgan fingerprint density at radius 1 is 1.25 bits per heavy atom. The van der Waals surface area contributed by atoms with Crippen molar-refractivity contribution in [3.8, 4) is 0 Å². The van der Waals surface area contributed by atoms with Crippen LogP contribution in [0.1, 0.15) is 22.5 Å². The highest BCUT2D eigenvalue weighted by Gasteiger charge is 2.41. The minimum absolute atomic E-state index is 0.0667. The van der Waals surface area contributed by atoms with Crippen molar-refractivity contribution >= 4 is 40.8 Å². The number of hydrogen-bond donors (Lipinski definition) is 1. The number of esters is 1. The molecule has 1 fully saturated rings. The van der Waals surface area contributed by atoms with Crippen LogP contribution in [0.5, 0.6) is 0 Å². The number of thiocarbonyl (C=S) groups is 1. The van der Waals surface area contributed by atoms with Gasteiger partial charge in [-0.15, -0.1) is 0 Å². The minimum Gasteiger partial charge on any atom is -0.467 e. The molecule has 1 atom stereocenters. The SMILES string of the molecule is COC(=O)c1ccc(NC(=O)C[C@H]2C(=O)N(C)C(=S)N2Cc2ccco2)cc1. The topological polar surface area (TPSA) is 92.1 Å². The molecule has 1 aliphatic rings. The van der Waals surface area contributed by atoms with E-state index in [4.69, 9.17) is 16.6 Å². The van der Waals surface area contributed by atoms with Gasteiger partial charge < -0.3 is 19.4 Å². The van der Waals surface area contributed by atoms with Gasteiger partial charge in [-0.2, -0.15) is 0 Å². The molecule has 1 saturated heterocycles. The molecule has 0 spiro atoms. The quantitative estimate of drug-likeness (QED) is 0.585. The maximum absolute atomic E-state index is 12.5. The summed E-state index contributed by atoms with van der Waals surface area (Å²) in [5, 5.41) is 3.08. The summed E-state index contributed by atoms with van der Waals surface area (Å²) in [6, 6.07) is 9.11. The van der Waals surface area contributed by atoms with Gasteiger partial charge in [-0.1, -0.05) is 0 Å². The van der Waals surface area contributed by atoms with E-state index >= 15 is 0 Å². The van der Waals surface area contributed by atoms with Gasteiger partial charge in [0.15, 0.2) is 5.11 Å². The Morgan fingerprint density at radius 2 is 1.96 bits per heavy atom. The fourth-order valence-corrected chi connectivity index (χ4v) is 3.20. The zero-order valence-electron chi connectivity index (χ0n) is 15.4. The van der Waals surface area contributed by atoms with E-state index in [1.807, 2.05) is 0 Å². The molecule has 8 nitrogen and oxygen atoms in total. The molecule has 0 unspecified atom stereocenters. The lowest BCUT2D eigenvalue weighted by atomic mass is 10.1. The van der Waals surface area contributed by atoms with E-state index in [0.717, 1.165) is 0 Å². The van der Waals surface area contributed by atoms with Crippen LogP contribution in [0.3, 0.4) is 0 Å². The van der Waals surface area contributed by atoms with Crippen molar-refractivity contribution in [2.45, 2.75) is 19.0 Å². The highest BCUT2D eigenvalue weighted by molar-refractivity contribution is 7.80. The van der Waals surface area contributed by atoms with Crippen LogP contribution in [-0.4, -0.2) is 52.9 Å². The average molecular weight is 401 g/mol. The standard InChI is InChI=1S/C19H19N3O5S/c1-21-17(24)15(22(19(21)28)11-14-4-3-9-27-14)10-16(23)20-13-7-5-12(6-8-13)18(25)26-2/h3-9,15H,10-11H2,1-2H3,(H,20,23)/t15-/m0/s1. The number of nitrogens with one attached hydrogen (secondary N) is 1. The van der Waals surface area contributed by atoms with Gasteiger partial charge in [0, 0.05) is 12.7 Å². The highest BCUT2D eigenvalue weighted by atomic mass is 32.1. The smallest absolute Gasteiger partial charge is 0.337 e. The van der Waals surface area contributed by atoms with Crippen LogP contribution >= 0.6 is 12.2 Å². The summed E-state index contributed by atoms with van der Waals surface area (Å²) in [7, 11) is 2.88. The lowest BCUT2D eigenvalue weighted by molar-refractivity contribution is -0.130. The predicted octanol–water partition coefficient (Wildman–Crippen LogP) is 2.02. The summed E-state index contributed by atoms with van der Waals surface area (Å²) < 4.78 is 9.97. The molecule has 1 aromatic heterocycles. The number of ether oxygens (including phenoxy) is 1. The molecule has 1 aliphatic heterocycles. The first-order valence-electron chi connectivity index (χ1n) is 8.49.